The van der Waals surface area contributed by atoms with Crippen molar-refractivity contribution in [2.24, 2.45) is 4.99 Å². The molecule has 2 N–H and O–H groups in total. The minimum atomic E-state index is -0.0837. The Bertz CT molecular complexity index is 920. The van der Waals surface area contributed by atoms with E-state index in [4.69, 9.17) is 9.47 Å². The molecule has 174 valence electrons. The number of likely N-dealkylation sites (N-methyl/N-ethyl adjacent to an activating group) is 1. The van der Waals surface area contributed by atoms with E-state index in [1.807, 2.05) is 56.3 Å². The summed E-state index contributed by atoms with van der Waals surface area (Å²) in [5, 5.41) is 6.80. The van der Waals surface area contributed by atoms with Crippen molar-refractivity contribution in [2.45, 2.75) is 32.4 Å². The van der Waals surface area contributed by atoms with E-state index >= 15 is 0 Å². The summed E-state index contributed by atoms with van der Waals surface area (Å²) in [5.41, 5.74) is 2.18. The van der Waals surface area contributed by atoms with Gasteiger partial charge in [0.05, 0.1) is 19.2 Å². The number of hydrogen-bond donors (Lipinski definition) is 2. The van der Waals surface area contributed by atoms with Gasteiger partial charge in [0.15, 0.2) is 5.96 Å². The van der Waals surface area contributed by atoms with Crippen molar-refractivity contribution in [1.29, 1.82) is 0 Å². The van der Waals surface area contributed by atoms with Gasteiger partial charge in [0, 0.05) is 26.1 Å². The van der Waals surface area contributed by atoms with E-state index in [0.29, 0.717) is 19.1 Å². The van der Waals surface area contributed by atoms with E-state index in [2.05, 4.69) is 21.7 Å². The summed E-state index contributed by atoms with van der Waals surface area (Å²) in [7, 11) is 3.45. The van der Waals surface area contributed by atoms with Gasteiger partial charge in [-0.3, -0.25) is 4.79 Å². The number of hydrogen-bond acceptors (Lipinski definition) is 4. The summed E-state index contributed by atoms with van der Waals surface area (Å²) in [5.74, 6) is 2.27. The topological polar surface area (TPSA) is 75.2 Å². The summed E-state index contributed by atoms with van der Waals surface area (Å²) in [4.78, 5) is 18.1. The van der Waals surface area contributed by atoms with Crippen LogP contribution < -0.4 is 20.1 Å². The summed E-state index contributed by atoms with van der Waals surface area (Å²) in [6.07, 6.45) is 0.730. The lowest BCUT2D eigenvalue weighted by Gasteiger charge is -2.28. The summed E-state index contributed by atoms with van der Waals surface area (Å²) >= 11 is 0. The van der Waals surface area contributed by atoms with E-state index in [0.717, 1.165) is 29.0 Å². The van der Waals surface area contributed by atoms with Gasteiger partial charge in [-0.15, -0.1) is 24.0 Å². The zero-order valence-corrected chi connectivity index (χ0v) is 21.5. The number of nitrogens with zero attached hydrogens (tertiary/aromatic N) is 2. The zero-order chi connectivity index (χ0) is 22.2. The molecule has 7 nitrogen and oxygen atoms in total. The fraction of sp³-hybridized carbons (Fsp3) is 0.417. The lowest BCUT2D eigenvalue weighted by atomic mass is 10.0. The van der Waals surface area contributed by atoms with Gasteiger partial charge in [0.25, 0.3) is 0 Å². The molecule has 0 bridgehead atoms. The van der Waals surface area contributed by atoms with Gasteiger partial charge in [-0.05, 0) is 31.5 Å². The van der Waals surface area contributed by atoms with Crippen LogP contribution >= 0.6 is 24.0 Å². The average Bonchev–Trinajstić information content (AvgIpc) is 2.77. The van der Waals surface area contributed by atoms with Gasteiger partial charge in [0.1, 0.15) is 24.1 Å². The molecule has 1 aliphatic rings. The molecule has 0 spiro atoms. The van der Waals surface area contributed by atoms with Crippen molar-refractivity contribution < 1.29 is 14.3 Å². The van der Waals surface area contributed by atoms with Gasteiger partial charge in [-0.25, -0.2) is 4.99 Å². The highest BCUT2D eigenvalue weighted by Gasteiger charge is 2.22. The smallest absolute Gasteiger partial charge is 0.243 e. The molecular formula is C24H33IN4O3. The van der Waals surface area contributed by atoms with Crippen LogP contribution in [0.15, 0.2) is 53.5 Å². The Hall–Kier alpha value is -2.49. The first-order valence-corrected chi connectivity index (χ1v) is 10.6. The SMILES string of the molecule is Cc1ccccc1OC(C)CNC(=NCC(=O)N(C)C)NC1CCOc2ccccc21.I. The second kappa shape index (κ2) is 12.5. The minimum absolute atomic E-state index is 0. The highest BCUT2D eigenvalue weighted by atomic mass is 127. The summed E-state index contributed by atoms with van der Waals surface area (Å²) < 4.78 is 11.8. The number of aliphatic imine (C=N–C) groups is 1. The van der Waals surface area contributed by atoms with Crippen molar-refractivity contribution in [3.8, 4) is 11.5 Å². The molecule has 2 unspecified atom stereocenters. The van der Waals surface area contributed by atoms with Crippen LogP contribution in [-0.2, 0) is 4.79 Å². The molecule has 2 aromatic rings. The lowest BCUT2D eigenvalue weighted by Crippen LogP contribution is -2.44. The van der Waals surface area contributed by atoms with Crippen LogP contribution in [0.25, 0.3) is 0 Å². The van der Waals surface area contributed by atoms with E-state index in [9.17, 15) is 4.79 Å². The zero-order valence-electron chi connectivity index (χ0n) is 19.1. The van der Waals surface area contributed by atoms with Crippen molar-refractivity contribution in [1.82, 2.24) is 15.5 Å². The van der Waals surface area contributed by atoms with E-state index in [1.165, 1.54) is 4.90 Å². The predicted octanol–water partition coefficient (Wildman–Crippen LogP) is 3.53. The van der Waals surface area contributed by atoms with Crippen LogP contribution in [0.4, 0.5) is 0 Å². The fourth-order valence-electron chi connectivity index (χ4n) is 3.29. The molecule has 1 aliphatic heterocycles. The third-order valence-corrected chi connectivity index (χ3v) is 5.12. The third-order valence-electron chi connectivity index (χ3n) is 5.12. The van der Waals surface area contributed by atoms with Crippen LogP contribution in [-0.4, -0.2) is 56.7 Å². The molecule has 1 heterocycles. The Balaban J connectivity index is 0.00000363. The molecule has 8 heteroatoms. The standard InChI is InChI=1S/C24H32N4O3.HI/c1-17-9-5-7-11-21(17)31-18(2)15-25-24(26-16-23(29)28(3)4)27-20-13-14-30-22-12-8-6-10-19(20)22;/h5-12,18,20H,13-16H2,1-4H3,(H2,25,26,27);1H. The van der Waals surface area contributed by atoms with Gasteiger partial charge in [-0.2, -0.15) is 0 Å². The molecule has 0 saturated heterocycles. The van der Waals surface area contributed by atoms with E-state index in [-0.39, 0.29) is 48.6 Å². The van der Waals surface area contributed by atoms with E-state index < -0.39 is 0 Å². The molecule has 0 saturated carbocycles. The number of carbonyl (C=O) groups excluding carboxylic acids is 1. The van der Waals surface area contributed by atoms with Gasteiger partial charge in [-0.1, -0.05) is 36.4 Å². The number of nitrogens with one attached hydrogen (secondary N) is 2. The Labute approximate surface area is 207 Å². The summed E-state index contributed by atoms with van der Waals surface area (Å²) in [6, 6.07) is 16.0. The number of aryl methyl sites for hydroxylation is 1. The van der Waals surface area contributed by atoms with Crippen LogP contribution in [0, 0.1) is 6.92 Å². The Kier molecular flexibility index (Phi) is 10.1. The maximum Gasteiger partial charge on any atom is 0.243 e. The highest BCUT2D eigenvalue weighted by molar-refractivity contribution is 14.0. The van der Waals surface area contributed by atoms with Crippen molar-refractivity contribution in [3.63, 3.8) is 0 Å². The molecule has 0 radical (unpaired) electrons. The molecule has 2 atom stereocenters. The molecule has 0 aromatic heterocycles. The number of halogens is 1. The first-order chi connectivity index (χ1) is 14.9. The maximum absolute atomic E-state index is 12.1. The summed E-state index contributed by atoms with van der Waals surface area (Å²) in [6.45, 7) is 5.28. The molecule has 0 fully saturated rings. The first-order valence-electron chi connectivity index (χ1n) is 10.6. The maximum atomic E-state index is 12.1. The number of fused-ring (bicyclic) bond motifs is 1. The van der Waals surface area contributed by atoms with E-state index in [1.54, 1.807) is 14.1 Å². The van der Waals surface area contributed by atoms with Crippen LogP contribution in [0.3, 0.4) is 0 Å². The normalized spacial score (nSPS) is 16.0. The van der Waals surface area contributed by atoms with Crippen molar-refractivity contribution in [2.75, 3.05) is 33.8 Å². The molecule has 1 amide bonds. The highest BCUT2D eigenvalue weighted by Crippen LogP contribution is 2.31. The number of ether oxygens (including phenoxy) is 2. The molecular weight excluding hydrogens is 519 g/mol. The van der Waals surface area contributed by atoms with Crippen LogP contribution in [0.2, 0.25) is 0 Å². The van der Waals surface area contributed by atoms with Gasteiger partial charge in [0.2, 0.25) is 5.91 Å². The van der Waals surface area contributed by atoms with Gasteiger partial charge < -0.3 is 25.0 Å². The van der Waals surface area contributed by atoms with Crippen LogP contribution in [0.1, 0.15) is 30.5 Å². The predicted molar refractivity (Wildman–Crippen MR) is 138 cm³/mol. The second-order valence-electron chi connectivity index (χ2n) is 7.90. The lowest BCUT2D eigenvalue weighted by molar-refractivity contribution is -0.127. The Morgan fingerprint density at radius 1 is 1.22 bits per heavy atom. The number of amides is 1. The largest absolute Gasteiger partial charge is 0.493 e. The quantitative estimate of drug-likeness (QED) is 0.313. The molecule has 32 heavy (non-hydrogen) atoms. The Morgan fingerprint density at radius 2 is 1.94 bits per heavy atom. The number of carbonyl (C=O) groups is 1. The number of rotatable bonds is 7. The second-order valence-corrected chi connectivity index (χ2v) is 7.90. The number of benzene rings is 2. The molecule has 0 aliphatic carbocycles. The minimum Gasteiger partial charge on any atom is -0.493 e. The number of guanidine groups is 1. The van der Waals surface area contributed by atoms with Crippen LogP contribution in [0.5, 0.6) is 11.5 Å². The monoisotopic (exact) mass is 552 g/mol. The third kappa shape index (κ3) is 7.29. The van der Waals surface area contributed by atoms with Gasteiger partial charge >= 0.3 is 0 Å². The molecule has 2 aromatic carbocycles. The fourth-order valence-corrected chi connectivity index (χ4v) is 3.29. The number of para-hydroxylation sites is 2. The molecule has 3 rings (SSSR count). The van der Waals surface area contributed by atoms with Crippen molar-refractivity contribution in [3.05, 3.63) is 59.7 Å². The van der Waals surface area contributed by atoms with Crippen molar-refractivity contribution >= 4 is 35.8 Å². The average molecular weight is 552 g/mol. The Morgan fingerprint density at radius 3 is 2.69 bits per heavy atom. The first kappa shape index (κ1) is 25.8.